The summed E-state index contributed by atoms with van der Waals surface area (Å²) >= 11 is 0.664. The smallest absolute Gasteiger partial charge is 0.420 e. The van der Waals surface area contributed by atoms with Crippen LogP contribution in [0.15, 0.2) is 30.5 Å². The van der Waals surface area contributed by atoms with Gasteiger partial charge in [0.2, 0.25) is 0 Å². The Bertz CT molecular complexity index is 2620. The molecule has 0 radical (unpaired) electrons. The van der Waals surface area contributed by atoms with Gasteiger partial charge < -0.3 is 35.5 Å². The molecule has 2 aliphatic carbocycles. The zero-order valence-corrected chi connectivity index (χ0v) is 35.2. The Morgan fingerprint density at radius 1 is 1.00 bits per heavy atom. The first-order valence-corrected chi connectivity index (χ1v) is 21.8. The van der Waals surface area contributed by atoms with Crippen LogP contribution in [0.4, 0.5) is 47.4 Å². The number of thiophene rings is 1. The number of nitriles is 1. The van der Waals surface area contributed by atoms with Crippen molar-refractivity contribution in [3.63, 3.8) is 0 Å². The number of alkyl halides is 5. The van der Waals surface area contributed by atoms with Gasteiger partial charge in [-0.2, -0.15) is 28.4 Å². The minimum atomic E-state index is -5.23. The monoisotopic (exact) mass is 898 g/mol. The summed E-state index contributed by atoms with van der Waals surface area (Å²) in [4.78, 5) is 16.8. The third-order valence-electron chi connectivity index (χ3n) is 13.2. The minimum absolute atomic E-state index is 0.0104. The highest BCUT2D eigenvalue weighted by molar-refractivity contribution is 7.23. The van der Waals surface area contributed by atoms with E-state index in [1.165, 1.54) is 19.0 Å². The summed E-state index contributed by atoms with van der Waals surface area (Å²) in [6.45, 7) is 5.68. The van der Waals surface area contributed by atoms with Crippen LogP contribution in [0.25, 0.3) is 32.1 Å². The van der Waals surface area contributed by atoms with Crippen LogP contribution in [0.3, 0.4) is 0 Å². The number of halogens is 7. The molecule has 3 aliphatic heterocycles. The van der Waals surface area contributed by atoms with E-state index in [4.69, 9.17) is 25.7 Å². The number of hydrogen-bond donors (Lipinski definition) is 2. The topological polar surface area (TPSA) is 149 Å². The van der Waals surface area contributed by atoms with E-state index in [0.29, 0.717) is 49.4 Å². The lowest BCUT2D eigenvalue weighted by molar-refractivity contribution is -0.138. The number of ether oxygens (including phenoxy) is 3. The number of fused-ring (bicyclic) bond motifs is 1. The summed E-state index contributed by atoms with van der Waals surface area (Å²) in [6.07, 6.45) is 1.08. The molecule has 0 bridgehead atoms. The molecule has 10 rings (SSSR count). The predicted molar refractivity (Wildman–Crippen MR) is 224 cm³/mol. The van der Waals surface area contributed by atoms with E-state index in [1.807, 2.05) is 6.07 Å². The number of anilines is 3. The van der Waals surface area contributed by atoms with E-state index in [2.05, 4.69) is 26.8 Å². The summed E-state index contributed by atoms with van der Waals surface area (Å²) < 4.78 is 124. The highest BCUT2D eigenvalue weighted by Gasteiger charge is 2.70. The van der Waals surface area contributed by atoms with Gasteiger partial charge in [-0.15, -0.1) is 11.3 Å². The standard InChI is InChI=1S/C38H33F7N8O2S.C6H12O/c39-22-4-3-20(23-21(14-46)32(48)56-30(22)23)24-26(38(43,44)45)29-25-28(27(24)40)50-34(51-33(25)53(12-13-54-29)15-19-2-1-9-49-31(19)47)55-18-35(5-6-35)17-52-10-7-36(8-11-52)16-37(36,41)42;1-6-2-4-7-5-3-6/h1-4,9H,5-8,10-13,15-18,48H2,(H2,47,49);6H,2-5H2,1H3. The normalized spacial score (nSPS) is 20.1. The van der Waals surface area contributed by atoms with E-state index in [9.17, 15) is 14.0 Å². The van der Waals surface area contributed by atoms with E-state index in [1.54, 1.807) is 17.0 Å². The molecule has 0 unspecified atom stereocenters. The molecule has 5 aromatic rings. The number of piperidine rings is 1. The molecule has 1 spiro atoms. The van der Waals surface area contributed by atoms with Crippen LogP contribution in [0.5, 0.6) is 11.8 Å². The minimum Gasteiger partial charge on any atom is -0.490 e. The summed E-state index contributed by atoms with van der Waals surface area (Å²) in [5, 5.41) is 9.15. The second kappa shape index (κ2) is 16.1. The number of nitrogens with zero attached hydrogens (tertiary/aromatic N) is 6. The number of nitrogen functional groups attached to an aromatic ring is 2. The molecule has 2 aromatic carbocycles. The summed E-state index contributed by atoms with van der Waals surface area (Å²) in [7, 11) is 0. The van der Waals surface area contributed by atoms with Crippen LogP contribution in [0, 0.1) is 39.7 Å². The summed E-state index contributed by atoms with van der Waals surface area (Å²) in [5.41, 5.74) is 7.67. The van der Waals surface area contributed by atoms with E-state index in [0.717, 1.165) is 44.1 Å². The van der Waals surface area contributed by atoms with E-state index >= 15 is 22.0 Å². The maximum Gasteiger partial charge on any atom is 0.420 e. The van der Waals surface area contributed by atoms with Crippen molar-refractivity contribution in [2.75, 3.05) is 69.0 Å². The second-order valence-corrected chi connectivity index (χ2v) is 18.6. The molecule has 4 fully saturated rings. The second-order valence-electron chi connectivity index (χ2n) is 17.5. The molecule has 19 heteroatoms. The number of hydrogen-bond acceptors (Lipinski definition) is 12. The molecule has 63 heavy (non-hydrogen) atoms. The molecular weight excluding hydrogens is 854 g/mol. The molecule has 0 atom stereocenters. The van der Waals surface area contributed by atoms with Gasteiger partial charge in [0.1, 0.15) is 52.0 Å². The first kappa shape index (κ1) is 43.1. The first-order chi connectivity index (χ1) is 30.0. The molecule has 2 saturated carbocycles. The molecule has 3 aromatic heterocycles. The van der Waals surface area contributed by atoms with Crippen molar-refractivity contribution in [1.82, 2.24) is 19.9 Å². The molecule has 0 amide bonds. The lowest BCUT2D eigenvalue weighted by Crippen LogP contribution is -2.41. The summed E-state index contributed by atoms with van der Waals surface area (Å²) in [6, 6.07) is 6.73. The fourth-order valence-corrected chi connectivity index (χ4v) is 10.1. The fourth-order valence-electron chi connectivity index (χ4n) is 9.14. The predicted octanol–water partition coefficient (Wildman–Crippen LogP) is 9.35. The number of nitrogens with two attached hydrogens (primary N) is 2. The quantitative estimate of drug-likeness (QED) is 0.144. The highest BCUT2D eigenvalue weighted by atomic mass is 32.1. The van der Waals surface area contributed by atoms with Gasteiger partial charge in [-0.3, -0.25) is 0 Å². The van der Waals surface area contributed by atoms with Crippen molar-refractivity contribution >= 4 is 49.0 Å². The van der Waals surface area contributed by atoms with Crippen LogP contribution < -0.4 is 25.8 Å². The Kier molecular flexibility index (Phi) is 11.0. The Morgan fingerprint density at radius 2 is 1.73 bits per heavy atom. The van der Waals surface area contributed by atoms with Gasteiger partial charge in [-0.05, 0) is 75.2 Å². The Balaban J connectivity index is 0.000000658. The van der Waals surface area contributed by atoms with Gasteiger partial charge in [0.25, 0.3) is 5.92 Å². The van der Waals surface area contributed by atoms with Gasteiger partial charge in [-0.1, -0.05) is 19.1 Å². The van der Waals surface area contributed by atoms with E-state index in [-0.39, 0.29) is 81.8 Å². The van der Waals surface area contributed by atoms with E-state index < -0.39 is 57.1 Å². The lowest BCUT2D eigenvalue weighted by atomic mass is 9.91. The lowest BCUT2D eigenvalue weighted by Gasteiger charge is -2.34. The van der Waals surface area contributed by atoms with Crippen LogP contribution in [0.1, 0.15) is 68.6 Å². The SMILES string of the molecule is CC1CCOCC1.N#Cc1c(N)sc2c(F)ccc(-c3c(C(F)(F)F)c4c5c(nc(OCC6(CN7CCC8(CC7)CC8(F)F)CC6)nc5c3F)N(Cc3cccnc3N)CCO4)c12. The van der Waals surface area contributed by atoms with Crippen molar-refractivity contribution in [2.45, 2.75) is 70.5 Å². The molecule has 2 saturated heterocycles. The number of rotatable bonds is 8. The van der Waals surface area contributed by atoms with Gasteiger partial charge in [-0.25, -0.2) is 22.5 Å². The largest absolute Gasteiger partial charge is 0.490 e. The van der Waals surface area contributed by atoms with Crippen molar-refractivity contribution in [1.29, 1.82) is 5.26 Å². The Morgan fingerprint density at radius 3 is 2.35 bits per heavy atom. The number of pyridine rings is 1. The van der Waals surface area contributed by atoms with Gasteiger partial charge >= 0.3 is 12.2 Å². The number of benzene rings is 2. The molecule has 5 aliphatic rings. The number of likely N-dealkylation sites (tertiary alicyclic amines) is 1. The van der Waals surface area contributed by atoms with Gasteiger partial charge in [0, 0.05) is 66.3 Å². The molecule has 11 nitrogen and oxygen atoms in total. The number of aromatic nitrogens is 3. The third-order valence-corrected chi connectivity index (χ3v) is 14.3. The zero-order valence-electron chi connectivity index (χ0n) is 34.4. The van der Waals surface area contributed by atoms with Crippen molar-refractivity contribution in [2.24, 2.45) is 16.7 Å². The average molecular weight is 899 g/mol. The maximum atomic E-state index is 17.4. The molecule has 334 valence electrons. The highest BCUT2D eigenvalue weighted by Crippen LogP contribution is 2.66. The fraction of sp³-hybridized carbons (Fsp3) is 0.500. The van der Waals surface area contributed by atoms with Crippen molar-refractivity contribution in [3.8, 4) is 29.0 Å². The molecule has 4 N–H and O–H groups in total. The van der Waals surface area contributed by atoms with Crippen molar-refractivity contribution in [3.05, 3.63) is 58.8 Å². The van der Waals surface area contributed by atoms with Crippen LogP contribution in [0.2, 0.25) is 0 Å². The van der Waals surface area contributed by atoms with Gasteiger partial charge in [0.05, 0.1) is 28.8 Å². The van der Waals surface area contributed by atoms with Crippen molar-refractivity contribution < 1.29 is 44.9 Å². The average Bonchev–Trinajstić information content (AvgIpc) is 4.10. The maximum absolute atomic E-state index is 17.4. The summed E-state index contributed by atoms with van der Waals surface area (Å²) in [5.74, 6) is -4.64. The van der Waals surface area contributed by atoms with Crippen LogP contribution in [-0.4, -0.2) is 78.4 Å². The van der Waals surface area contributed by atoms with Gasteiger partial charge in [0.15, 0.2) is 5.82 Å². The van der Waals surface area contributed by atoms with Crippen LogP contribution >= 0.6 is 11.3 Å². The Labute approximate surface area is 362 Å². The van der Waals surface area contributed by atoms with Crippen LogP contribution in [-0.2, 0) is 17.5 Å². The molecule has 6 heterocycles. The zero-order chi connectivity index (χ0) is 44.5. The third kappa shape index (κ3) is 8.03. The molecular formula is C44H45F7N8O3S. The Hall–Kier alpha value is -5.19. The first-order valence-electron chi connectivity index (χ1n) is 21.0.